The van der Waals surface area contributed by atoms with Crippen molar-refractivity contribution in [2.24, 2.45) is 0 Å². The van der Waals surface area contributed by atoms with E-state index in [0.29, 0.717) is 11.8 Å². The Morgan fingerprint density at radius 2 is 0.670 bits per heavy atom. The Morgan fingerprint density at radius 3 is 1.08 bits per heavy atom. The summed E-state index contributed by atoms with van der Waals surface area (Å²) in [6, 6.07) is 80.6. The summed E-state index contributed by atoms with van der Waals surface area (Å²) in [5.74, 6) is 1.42. The Bertz CT molecular complexity index is 4730. The van der Waals surface area contributed by atoms with Crippen molar-refractivity contribution < 1.29 is 0 Å². The first-order valence-electron chi connectivity index (χ1n) is 32.9. The van der Waals surface area contributed by atoms with E-state index in [1.165, 1.54) is 192 Å². The Morgan fingerprint density at radius 1 is 0.295 bits per heavy atom. The summed E-state index contributed by atoms with van der Waals surface area (Å²) in [7, 11) is 0. The molecule has 0 bridgehead atoms. The number of fused-ring (bicyclic) bond motifs is 8. The standard InChI is InChI=1S/C84H78N4/c1-51(2)55-31-35-59(36-32-55)85-77-27-15-13-25-65(77)67-41-39-61(47-79(67)85)87(75-29-17-21-57-19-9-11-23-63(57)75)81-49-73(53(5)6)69-44-46-72-82(50-74(54(7)8)70-43-45-71(81)83(69)84(70)72)88(76-30-18-22-58-20-10-12-24-64(58)76)62-40-42-68-66-26-14-16-28-78(66)86(80(68)48-62)60-37-33-56(34-38-60)52(3)4/h13-18,21-22,25-54H,9-12,19-20,23-24H2,1-8H3. The van der Waals surface area contributed by atoms with E-state index in [9.17, 15) is 0 Å². The Labute approximate surface area is 518 Å². The molecule has 0 saturated heterocycles. The molecule has 0 spiro atoms. The normalized spacial score (nSPS) is 13.7. The quantitative estimate of drug-likeness (QED) is 0.113. The average molecular weight is 1140 g/mol. The van der Waals surface area contributed by atoms with Crippen LogP contribution in [0.5, 0.6) is 0 Å². The number of rotatable bonds is 12. The van der Waals surface area contributed by atoms with Crippen LogP contribution >= 0.6 is 0 Å². The molecule has 2 heterocycles. The molecular weight excluding hydrogens is 1060 g/mol. The highest BCUT2D eigenvalue weighted by Gasteiger charge is 2.30. The number of aryl methyl sites for hydroxylation is 2. The van der Waals surface area contributed by atoms with E-state index in [4.69, 9.17) is 0 Å². The molecule has 0 radical (unpaired) electrons. The van der Waals surface area contributed by atoms with Crippen molar-refractivity contribution in [2.45, 2.75) is 130 Å². The van der Waals surface area contributed by atoms with E-state index >= 15 is 0 Å². The third-order valence-electron chi connectivity index (χ3n) is 20.3. The molecule has 2 aliphatic carbocycles. The maximum atomic E-state index is 2.68. The molecule has 0 amide bonds. The average Bonchev–Trinajstić information content (AvgIpc) is 0.873. The highest BCUT2D eigenvalue weighted by molar-refractivity contribution is 6.30. The number of nitrogens with zero attached hydrogens (tertiary/aromatic N) is 4. The van der Waals surface area contributed by atoms with Gasteiger partial charge in [-0.1, -0.05) is 177 Å². The minimum absolute atomic E-state index is 0.255. The maximum Gasteiger partial charge on any atom is 0.0561 e. The summed E-state index contributed by atoms with van der Waals surface area (Å²) >= 11 is 0. The number of benzene rings is 12. The Hall–Kier alpha value is -9.12. The van der Waals surface area contributed by atoms with E-state index in [0.717, 1.165) is 25.7 Å². The zero-order valence-electron chi connectivity index (χ0n) is 52.4. The van der Waals surface area contributed by atoms with Crippen LogP contribution in [0.2, 0.25) is 0 Å². The molecule has 88 heavy (non-hydrogen) atoms. The van der Waals surface area contributed by atoms with Gasteiger partial charge in [-0.3, -0.25) is 0 Å². The first kappa shape index (κ1) is 54.3. The van der Waals surface area contributed by atoms with Crippen LogP contribution in [0.4, 0.5) is 34.1 Å². The van der Waals surface area contributed by atoms with Gasteiger partial charge < -0.3 is 18.9 Å². The second-order valence-electron chi connectivity index (χ2n) is 26.9. The first-order chi connectivity index (χ1) is 43.0. The molecule has 2 aromatic heterocycles. The first-order valence-corrected chi connectivity index (χ1v) is 32.9. The summed E-state index contributed by atoms with van der Waals surface area (Å²) in [6.45, 7) is 18.7. The van der Waals surface area contributed by atoms with Gasteiger partial charge in [-0.15, -0.1) is 0 Å². The van der Waals surface area contributed by atoms with Gasteiger partial charge in [0.1, 0.15) is 0 Å². The third-order valence-corrected chi connectivity index (χ3v) is 20.3. The molecule has 2 aliphatic rings. The van der Waals surface area contributed by atoms with Crippen molar-refractivity contribution in [2.75, 3.05) is 9.80 Å². The van der Waals surface area contributed by atoms with Crippen molar-refractivity contribution >= 4 is 110 Å². The van der Waals surface area contributed by atoms with Crippen LogP contribution in [-0.2, 0) is 25.7 Å². The van der Waals surface area contributed by atoms with Crippen LogP contribution in [0.3, 0.4) is 0 Å². The SMILES string of the molecule is CC(C)c1ccc(-n2c3ccccc3c3ccc(N(c4cccc5c4CCCC5)c4cc(C(C)C)c5ccc6c(N(c7ccc8c9ccccc9n(-c9ccc(C(C)C)cc9)c8c7)c7cccc8c7CCCC8)cc(C(C)C)c7ccc4c5c76)cc32)cc1. The highest BCUT2D eigenvalue weighted by atomic mass is 15.2. The summed E-state index contributed by atoms with van der Waals surface area (Å²) in [5.41, 5.74) is 26.0. The van der Waals surface area contributed by atoms with Crippen molar-refractivity contribution in [1.82, 2.24) is 9.13 Å². The number of hydrogen-bond acceptors (Lipinski definition) is 2. The molecule has 434 valence electrons. The summed E-state index contributed by atoms with van der Waals surface area (Å²) in [4.78, 5) is 5.37. The topological polar surface area (TPSA) is 16.3 Å². The van der Waals surface area contributed by atoms with Crippen molar-refractivity contribution in [1.29, 1.82) is 0 Å². The van der Waals surface area contributed by atoms with Crippen molar-refractivity contribution in [3.63, 3.8) is 0 Å². The lowest BCUT2D eigenvalue weighted by molar-refractivity contribution is 0.686. The zero-order chi connectivity index (χ0) is 59.6. The Balaban J connectivity index is 0.984. The smallest absolute Gasteiger partial charge is 0.0561 e. The fourth-order valence-electron chi connectivity index (χ4n) is 15.9. The van der Waals surface area contributed by atoms with Crippen molar-refractivity contribution in [3.05, 3.63) is 251 Å². The van der Waals surface area contributed by atoms with E-state index in [1.54, 1.807) is 0 Å². The molecule has 0 saturated carbocycles. The number of aromatic nitrogens is 2. The molecule has 0 fully saturated rings. The van der Waals surface area contributed by atoms with Gasteiger partial charge in [-0.05, 0) is 226 Å². The molecule has 0 atom stereocenters. The predicted octanol–water partition coefficient (Wildman–Crippen LogP) is 24.0. The molecule has 14 aromatic rings. The van der Waals surface area contributed by atoms with Crippen LogP contribution in [-0.4, -0.2) is 9.13 Å². The number of para-hydroxylation sites is 2. The van der Waals surface area contributed by atoms with Crippen LogP contribution in [0.15, 0.2) is 206 Å². The Kier molecular flexibility index (Phi) is 13.2. The van der Waals surface area contributed by atoms with Gasteiger partial charge in [0, 0.05) is 66.4 Å². The molecule has 0 aliphatic heterocycles. The third kappa shape index (κ3) is 8.60. The minimum atomic E-state index is 0.255. The van der Waals surface area contributed by atoms with Crippen LogP contribution < -0.4 is 9.80 Å². The lowest BCUT2D eigenvalue weighted by atomic mass is 9.83. The van der Waals surface area contributed by atoms with Crippen LogP contribution in [0, 0.1) is 0 Å². The summed E-state index contributed by atoms with van der Waals surface area (Å²) in [5, 5.41) is 13.0. The number of hydrogen-bond donors (Lipinski definition) is 0. The molecule has 0 N–H and O–H groups in total. The van der Waals surface area contributed by atoms with E-state index in [2.05, 4.69) is 281 Å². The lowest BCUT2D eigenvalue weighted by Crippen LogP contribution is -2.17. The molecule has 16 rings (SSSR count). The fourth-order valence-corrected chi connectivity index (χ4v) is 15.9. The molecule has 0 unspecified atom stereocenters. The van der Waals surface area contributed by atoms with Gasteiger partial charge in [0.05, 0.1) is 33.4 Å². The summed E-state index contributed by atoms with van der Waals surface area (Å²) < 4.78 is 5.01. The highest BCUT2D eigenvalue weighted by Crippen LogP contribution is 2.54. The van der Waals surface area contributed by atoms with Crippen LogP contribution in [0.25, 0.3) is 87.3 Å². The van der Waals surface area contributed by atoms with E-state index < -0.39 is 0 Å². The van der Waals surface area contributed by atoms with Gasteiger partial charge in [-0.2, -0.15) is 0 Å². The lowest BCUT2D eigenvalue weighted by Gasteiger charge is -2.34. The molecule has 12 aromatic carbocycles. The largest absolute Gasteiger partial charge is 0.309 e. The molecule has 4 heteroatoms. The van der Waals surface area contributed by atoms with Gasteiger partial charge in [0.2, 0.25) is 0 Å². The fraction of sp³-hybridized carbons (Fsp3) is 0.238. The van der Waals surface area contributed by atoms with Gasteiger partial charge in [0.15, 0.2) is 0 Å². The van der Waals surface area contributed by atoms with Gasteiger partial charge in [0.25, 0.3) is 0 Å². The van der Waals surface area contributed by atoms with Crippen LogP contribution in [0.1, 0.15) is 149 Å². The van der Waals surface area contributed by atoms with E-state index in [1.807, 2.05) is 0 Å². The molecule has 4 nitrogen and oxygen atoms in total. The van der Waals surface area contributed by atoms with Gasteiger partial charge >= 0.3 is 0 Å². The second-order valence-corrected chi connectivity index (χ2v) is 26.9. The monoisotopic (exact) mass is 1140 g/mol. The number of anilines is 6. The zero-order valence-corrected chi connectivity index (χ0v) is 52.4. The summed E-state index contributed by atoms with van der Waals surface area (Å²) in [6.07, 6.45) is 9.16. The van der Waals surface area contributed by atoms with E-state index in [-0.39, 0.29) is 11.8 Å². The predicted molar refractivity (Wildman–Crippen MR) is 378 cm³/mol. The minimum Gasteiger partial charge on any atom is -0.309 e. The van der Waals surface area contributed by atoms with Gasteiger partial charge in [-0.25, -0.2) is 0 Å². The maximum absolute atomic E-state index is 2.68. The second kappa shape index (κ2) is 21.3. The molecular formula is C84H78N4. The van der Waals surface area contributed by atoms with Crippen molar-refractivity contribution in [3.8, 4) is 11.4 Å².